The minimum atomic E-state index is -0.245. The van der Waals surface area contributed by atoms with E-state index in [-0.39, 0.29) is 32.1 Å². The molecule has 0 aliphatic heterocycles. The van der Waals surface area contributed by atoms with Crippen molar-refractivity contribution in [1.29, 1.82) is 0 Å². The highest BCUT2D eigenvalue weighted by molar-refractivity contribution is 6.32. The van der Waals surface area contributed by atoms with Crippen molar-refractivity contribution in [1.82, 2.24) is 19.7 Å². The number of hydrogen-bond acceptors (Lipinski definition) is 5. The zero-order valence-electron chi connectivity index (χ0n) is 19.1. The maximum Gasteiger partial charge on any atom is 0.251 e. The molecule has 7 nitrogen and oxygen atoms in total. The van der Waals surface area contributed by atoms with Gasteiger partial charge in [0.1, 0.15) is 5.75 Å². The molecule has 2 aromatic heterocycles. The summed E-state index contributed by atoms with van der Waals surface area (Å²) in [4.78, 5) is 21.6. The van der Waals surface area contributed by atoms with Gasteiger partial charge in [0.05, 0.1) is 16.8 Å². The largest absolute Gasteiger partial charge is 0.489 e. The summed E-state index contributed by atoms with van der Waals surface area (Å²) in [5.41, 5.74) is 3.31. The molecule has 4 aromatic rings. The molecule has 0 bridgehead atoms. The number of benzene rings is 2. The highest BCUT2D eigenvalue weighted by atomic mass is 35.5. The third-order valence-electron chi connectivity index (χ3n) is 5.34. The Labute approximate surface area is 210 Å². The monoisotopic (exact) mass is 494 g/mol. The van der Waals surface area contributed by atoms with Crippen LogP contribution < -0.4 is 10.1 Å². The van der Waals surface area contributed by atoms with Crippen LogP contribution in [0.5, 0.6) is 5.75 Å². The smallest absolute Gasteiger partial charge is 0.251 e. The Hall–Kier alpha value is -3.42. The molecule has 0 fully saturated rings. The van der Waals surface area contributed by atoms with Crippen molar-refractivity contribution in [2.24, 2.45) is 0 Å². The normalized spacial score (nSPS) is 11.8. The molecule has 2 heterocycles. The molecule has 8 heteroatoms. The molecular formula is C27H31ClN4O3. The molecule has 1 amide bonds. The summed E-state index contributed by atoms with van der Waals surface area (Å²) in [7, 11) is 0. The van der Waals surface area contributed by atoms with Gasteiger partial charge >= 0.3 is 0 Å². The van der Waals surface area contributed by atoms with Gasteiger partial charge in [-0.1, -0.05) is 43.3 Å². The Morgan fingerprint density at radius 3 is 2.63 bits per heavy atom. The summed E-state index contributed by atoms with van der Waals surface area (Å²) in [5, 5.41) is 12.9. The van der Waals surface area contributed by atoms with Gasteiger partial charge < -0.3 is 15.2 Å². The Morgan fingerprint density at radius 2 is 1.97 bits per heavy atom. The first kappa shape index (κ1) is 26.2. The van der Waals surface area contributed by atoms with Crippen LogP contribution in [0.15, 0.2) is 67.1 Å². The standard InChI is InChI=1S/C26H27ClN4O3.CH4/c1-17(2)34-24-9-8-20(15-22(24)27)25(33)29-21(10-13-32)14-18-4-6-19(7-5-18)23-16-31-12-3-11-28-26(31)30-23;/h3-9,11-12,15-17,21,32H,10,13-14H2,1-2H3,(H,29,33);1H4/t21-;/m1./s1. The number of aromatic nitrogens is 3. The van der Waals surface area contributed by atoms with Gasteiger partial charge in [-0.2, -0.15) is 0 Å². The molecule has 0 aliphatic rings. The van der Waals surface area contributed by atoms with Gasteiger partial charge in [-0.3, -0.25) is 9.20 Å². The lowest BCUT2D eigenvalue weighted by atomic mass is 10.0. The molecule has 0 saturated carbocycles. The van der Waals surface area contributed by atoms with Crippen molar-refractivity contribution in [3.8, 4) is 17.0 Å². The third kappa shape index (κ3) is 6.59. The number of ether oxygens (including phenoxy) is 1. The van der Waals surface area contributed by atoms with E-state index in [1.54, 1.807) is 24.4 Å². The summed E-state index contributed by atoms with van der Waals surface area (Å²) >= 11 is 6.28. The number of nitrogens with zero attached hydrogens (tertiary/aromatic N) is 3. The minimum absolute atomic E-state index is 0. The Balaban J connectivity index is 0.00000342. The van der Waals surface area contributed by atoms with Gasteiger partial charge in [0.25, 0.3) is 5.91 Å². The second kappa shape index (κ2) is 11.8. The van der Waals surface area contributed by atoms with Gasteiger partial charge in [-0.15, -0.1) is 0 Å². The average molecular weight is 495 g/mol. The highest BCUT2D eigenvalue weighted by Gasteiger charge is 2.16. The van der Waals surface area contributed by atoms with E-state index in [0.29, 0.717) is 35.0 Å². The number of fused-ring (bicyclic) bond motifs is 1. The zero-order valence-corrected chi connectivity index (χ0v) is 19.9. The number of carbonyl (C=O) groups is 1. The predicted molar refractivity (Wildman–Crippen MR) is 139 cm³/mol. The van der Waals surface area contributed by atoms with E-state index in [4.69, 9.17) is 16.3 Å². The van der Waals surface area contributed by atoms with E-state index >= 15 is 0 Å². The fourth-order valence-corrected chi connectivity index (χ4v) is 3.93. The van der Waals surface area contributed by atoms with E-state index in [9.17, 15) is 9.90 Å². The molecule has 0 aliphatic carbocycles. The van der Waals surface area contributed by atoms with Crippen LogP contribution >= 0.6 is 11.6 Å². The van der Waals surface area contributed by atoms with Crippen LogP contribution in [-0.4, -0.2) is 44.1 Å². The molecule has 2 aromatic carbocycles. The number of halogens is 1. The molecule has 0 unspecified atom stereocenters. The molecular weight excluding hydrogens is 464 g/mol. The molecule has 184 valence electrons. The fraction of sp³-hybridized carbons (Fsp3) is 0.296. The van der Waals surface area contributed by atoms with Crippen molar-refractivity contribution < 1.29 is 14.6 Å². The average Bonchev–Trinajstić information content (AvgIpc) is 3.25. The van der Waals surface area contributed by atoms with Crippen LogP contribution in [0.1, 0.15) is 43.6 Å². The molecule has 0 saturated heterocycles. The summed E-state index contributed by atoms with van der Waals surface area (Å²) in [5.74, 6) is 0.947. The highest BCUT2D eigenvalue weighted by Crippen LogP contribution is 2.26. The lowest BCUT2D eigenvalue weighted by molar-refractivity contribution is 0.0930. The van der Waals surface area contributed by atoms with Crippen molar-refractivity contribution in [3.63, 3.8) is 0 Å². The molecule has 35 heavy (non-hydrogen) atoms. The van der Waals surface area contributed by atoms with Gasteiger partial charge in [-0.05, 0) is 56.5 Å². The fourth-order valence-electron chi connectivity index (χ4n) is 3.71. The first-order valence-electron chi connectivity index (χ1n) is 11.2. The molecule has 0 spiro atoms. The van der Waals surface area contributed by atoms with Crippen molar-refractivity contribution >= 4 is 23.3 Å². The van der Waals surface area contributed by atoms with Crippen LogP contribution in [-0.2, 0) is 6.42 Å². The summed E-state index contributed by atoms with van der Waals surface area (Å²) in [6.07, 6.45) is 6.58. The minimum Gasteiger partial charge on any atom is -0.489 e. The van der Waals surface area contributed by atoms with E-state index in [0.717, 1.165) is 16.8 Å². The van der Waals surface area contributed by atoms with Crippen LogP contribution in [0.3, 0.4) is 0 Å². The Bertz CT molecular complexity index is 1240. The number of amides is 1. The number of rotatable bonds is 9. The van der Waals surface area contributed by atoms with Crippen molar-refractivity contribution in [3.05, 3.63) is 83.3 Å². The number of imidazole rings is 1. The number of carbonyl (C=O) groups excluding carboxylic acids is 1. The zero-order chi connectivity index (χ0) is 24.1. The van der Waals surface area contributed by atoms with E-state index in [1.165, 1.54) is 0 Å². The van der Waals surface area contributed by atoms with E-state index < -0.39 is 0 Å². The second-order valence-corrected chi connectivity index (χ2v) is 8.76. The Morgan fingerprint density at radius 1 is 1.20 bits per heavy atom. The quantitative estimate of drug-likeness (QED) is 0.334. The SMILES string of the molecule is C.CC(C)Oc1ccc(C(=O)N[C@H](CCO)Cc2ccc(-c3cn4cccnc4n3)cc2)cc1Cl. The summed E-state index contributed by atoms with van der Waals surface area (Å²) in [6, 6.07) is 14.6. The van der Waals surface area contributed by atoms with Crippen LogP contribution in [0.25, 0.3) is 17.0 Å². The topological polar surface area (TPSA) is 88.8 Å². The van der Waals surface area contributed by atoms with E-state index in [1.807, 2.05) is 61.0 Å². The van der Waals surface area contributed by atoms with Gasteiger partial charge in [0, 0.05) is 42.4 Å². The number of hydrogen-bond donors (Lipinski definition) is 2. The number of aliphatic hydroxyl groups is 1. The lowest BCUT2D eigenvalue weighted by Gasteiger charge is -2.19. The maximum absolute atomic E-state index is 12.8. The number of nitrogens with one attached hydrogen (secondary N) is 1. The lowest BCUT2D eigenvalue weighted by Crippen LogP contribution is -2.37. The number of aliphatic hydroxyl groups excluding tert-OH is 1. The summed E-state index contributed by atoms with van der Waals surface area (Å²) in [6.45, 7) is 3.80. The van der Waals surface area contributed by atoms with Crippen molar-refractivity contribution in [2.75, 3.05) is 6.61 Å². The summed E-state index contributed by atoms with van der Waals surface area (Å²) < 4.78 is 7.51. The second-order valence-electron chi connectivity index (χ2n) is 8.35. The van der Waals surface area contributed by atoms with Crippen LogP contribution in [0.2, 0.25) is 5.02 Å². The molecule has 1 atom stereocenters. The van der Waals surface area contributed by atoms with E-state index in [2.05, 4.69) is 15.3 Å². The van der Waals surface area contributed by atoms with Gasteiger partial charge in [0.2, 0.25) is 5.78 Å². The van der Waals surface area contributed by atoms with Gasteiger partial charge in [0.15, 0.2) is 0 Å². The first-order valence-corrected chi connectivity index (χ1v) is 11.6. The van der Waals surface area contributed by atoms with Gasteiger partial charge in [-0.25, -0.2) is 9.97 Å². The van der Waals surface area contributed by atoms with Crippen LogP contribution in [0, 0.1) is 0 Å². The predicted octanol–water partition coefficient (Wildman–Crippen LogP) is 5.20. The first-order chi connectivity index (χ1) is 16.4. The maximum atomic E-state index is 12.8. The third-order valence-corrected chi connectivity index (χ3v) is 5.63. The van der Waals surface area contributed by atoms with Crippen LogP contribution in [0.4, 0.5) is 0 Å². The molecule has 4 rings (SSSR count). The molecule has 0 radical (unpaired) electrons. The molecule has 2 N–H and O–H groups in total. The van der Waals surface area contributed by atoms with Crippen molar-refractivity contribution in [2.45, 2.75) is 46.3 Å². The Kier molecular flexibility index (Phi) is 8.84.